The Labute approximate surface area is 180 Å². The summed E-state index contributed by atoms with van der Waals surface area (Å²) < 4.78 is 42.4. The number of fused-ring (bicyclic) bond motifs is 1. The van der Waals surface area contributed by atoms with Crippen molar-refractivity contribution in [3.8, 4) is 0 Å². The Balaban J connectivity index is 1.55. The van der Waals surface area contributed by atoms with Crippen molar-refractivity contribution in [1.29, 1.82) is 0 Å². The van der Waals surface area contributed by atoms with Crippen molar-refractivity contribution >= 4 is 60.6 Å². The summed E-state index contributed by atoms with van der Waals surface area (Å²) in [5, 5.41) is 4.99. The number of nitrogens with one attached hydrogen (secondary N) is 2. The molecule has 0 unspecified atom stereocenters. The van der Waals surface area contributed by atoms with Gasteiger partial charge in [0, 0.05) is 29.7 Å². The summed E-state index contributed by atoms with van der Waals surface area (Å²) in [6.07, 6.45) is 1.50. The van der Waals surface area contributed by atoms with Crippen LogP contribution in [-0.4, -0.2) is 23.9 Å². The Kier molecular flexibility index (Phi) is 5.22. The minimum absolute atomic E-state index is 0.0301. The van der Waals surface area contributed by atoms with Gasteiger partial charge in [0.05, 0.1) is 15.4 Å². The Morgan fingerprint density at radius 3 is 2.60 bits per heavy atom. The minimum Gasteiger partial charge on any atom is -0.340 e. The number of aryl methyl sites for hydroxylation is 1. The molecular formula is C19H14ClFN4O3S2. The summed E-state index contributed by atoms with van der Waals surface area (Å²) in [7, 11) is -2.11. The fourth-order valence-corrected chi connectivity index (χ4v) is 4.93. The molecule has 2 heterocycles. The number of halogens is 2. The molecule has 1 amide bonds. The number of benzene rings is 2. The molecule has 0 aliphatic heterocycles. The molecule has 2 aromatic carbocycles. The van der Waals surface area contributed by atoms with Crippen LogP contribution in [0.2, 0.25) is 5.02 Å². The molecule has 0 fully saturated rings. The number of hydrogen-bond acceptors (Lipinski definition) is 5. The van der Waals surface area contributed by atoms with Crippen molar-refractivity contribution in [1.82, 2.24) is 9.55 Å². The predicted octanol–water partition coefficient (Wildman–Crippen LogP) is 4.48. The summed E-state index contributed by atoms with van der Waals surface area (Å²) in [6.45, 7) is 0. The Hall–Kier alpha value is -2.95. The first-order valence-electron chi connectivity index (χ1n) is 8.53. The average Bonchev–Trinajstić information content (AvgIpc) is 3.33. The van der Waals surface area contributed by atoms with Crippen LogP contribution in [-0.2, 0) is 17.1 Å². The third-order valence-corrected chi connectivity index (χ3v) is 6.98. The first-order chi connectivity index (χ1) is 14.3. The second-order valence-electron chi connectivity index (χ2n) is 6.30. The quantitative estimate of drug-likeness (QED) is 0.455. The van der Waals surface area contributed by atoms with Crippen LogP contribution in [0.15, 0.2) is 58.9 Å². The first kappa shape index (κ1) is 20.3. The van der Waals surface area contributed by atoms with Gasteiger partial charge in [-0.2, -0.15) is 0 Å². The van der Waals surface area contributed by atoms with Gasteiger partial charge in [-0.3, -0.25) is 9.52 Å². The number of carbonyl (C=O) groups is 1. The van der Waals surface area contributed by atoms with Crippen molar-refractivity contribution in [2.24, 2.45) is 7.05 Å². The Morgan fingerprint density at radius 2 is 1.93 bits per heavy atom. The molecule has 154 valence electrons. The van der Waals surface area contributed by atoms with E-state index in [-0.39, 0.29) is 20.7 Å². The lowest BCUT2D eigenvalue weighted by Gasteiger charge is -2.08. The molecule has 0 radical (unpaired) electrons. The van der Waals surface area contributed by atoms with Gasteiger partial charge in [0.25, 0.3) is 15.9 Å². The van der Waals surface area contributed by atoms with E-state index >= 15 is 0 Å². The van der Waals surface area contributed by atoms with E-state index in [1.54, 1.807) is 23.1 Å². The molecule has 4 rings (SSSR count). The molecule has 0 atom stereocenters. The average molecular weight is 465 g/mol. The van der Waals surface area contributed by atoms with Gasteiger partial charge in [-0.15, -0.1) is 11.3 Å². The summed E-state index contributed by atoms with van der Waals surface area (Å²) in [6, 6.07) is 9.99. The molecule has 11 heteroatoms. The van der Waals surface area contributed by atoms with E-state index in [2.05, 4.69) is 15.0 Å². The molecule has 2 N–H and O–H groups in total. The molecule has 0 aliphatic carbocycles. The van der Waals surface area contributed by atoms with Gasteiger partial charge in [-0.1, -0.05) is 11.6 Å². The third kappa shape index (κ3) is 3.76. The molecule has 0 aliphatic rings. The van der Waals surface area contributed by atoms with Crippen LogP contribution in [0.3, 0.4) is 0 Å². The molecule has 0 spiro atoms. The number of hydrogen-bond donors (Lipinski definition) is 2. The number of amides is 1. The topological polar surface area (TPSA) is 93.1 Å². The molecule has 2 aromatic heterocycles. The van der Waals surface area contributed by atoms with E-state index in [1.807, 2.05) is 0 Å². The summed E-state index contributed by atoms with van der Waals surface area (Å²) >= 11 is 7.17. The lowest BCUT2D eigenvalue weighted by Crippen LogP contribution is -2.16. The van der Waals surface area contributed by atoms with Gasteiger partial charge in [0.15, 0.2) is 5.13 Å². The molecule has 0 saturated heterocycles. The zero-order chi connectivity index (χ0) is 21.5. The fraction of sp³-hybridized carbons (Fsp3) is 0.0526. The van der Waals surface area contributed by atoms with Crippen LogP contribution in [0.4, 0.5) is 15.2 Å². The maximum absolute atomic E-state index is 13.7. The van der Waals surface area contributed by atoms with E-state index in [4.69, 9.17) is 11.6 Å². The maximum Gasteiger partial charge on any atom is 0.272 e. The van der Waals surface area contributed by atoms with E-state index in [0.717, 1.165) is 11.3 Å². The monoisotopic (exact) mass is 464 g/mol. The molecule has 0 bridgehead atoms. The summed E-state index contributed by atoms with van der Waals surface area (Å²) in [5.41, 5.74) is 1.29. The highest BCUT2D eigenvalue weighted by Crippen LogP contribution is 2.29. The van der Waals surface area contributed by atoms with E-state index in [9.17, 15) is 17.6 Å². The van der Waals surface area contributed by atoms with Gasteiger partial charge in [0.1, 0.15) is 11.5 Å². The van der Waals surface area contributed by atoms with Gasteiger partial charge in [-0.05, 0) is 42.5 Å². The van der Waals surface area contributed by atoms with Gasteiger partial charge < -0.3 is 9.88 Å². The van der Waals surface area contributed by atoms with Crippen LogP contribution < -0.4 is 10.0 Å². The normalized spacial score (nSPS) is 11.6. The number of aromatic nitrogens is 2. The standard InChI is InChI=1S/C19H14ClFN4O3S2/c1-25-15-7-6-14(21)17(20)13(15)10-16(25)18(26)23-11-2-4-12(5-3-11)30(27,28)24-19-22-8-9-29-19/h2-10H,1H3,(H,22,24)(H,23,26). The van der Waals surface area contributed by atoms with E-state index in [0.29, 0.717) is 16.6 Å². The third-order valence-electron chi connectivity index (χ3n) is 4.42. The van der Waals surface area contributed by atoms with Crippen molar-refractivity contribution in [2.75, 3.05) is 10.0 Å². The van der Waals surface area contributed by atoms with Crippen molar-refractivity contribution in [3.05, 3.63) is 70.6 Å². The molecule has 30 heavy (non-hydrogen) atoms. The van der Waals surface area contributed by atoms with Crippen LogP contribution >= 0.6 is 22.9 Å². The highest BCUT2D eigenvalue weighted by atomic mass is 35.5. The SMILES string of the molecule is Cn1c(C(=O)Nc2ccc(S(=O)(=O)Nc3nccs3)cc2)cc2c(Cl)c(F)ccc21. The van der Waals surface area contributed by atoms with E-state index < -0.39 is 21.7 Å². The number of nitrogens with zero attached hydrogens (tertiary/aromatic N) is 2. The van der Waals surface area contributed by atoms with Gasteiger partial charge in [0.2, 0.25) is 0 Å². The predicted molar refractivity (Wildman–Crippen MR) is 115 cm³/mol. The van der Waals surface area contributed by atoms with Crippen LogP contribution in [0.1, 0.15) is 10.5 Å². The largest absolute Gasteiger partial charge is 0.340 e. The number of carbonyl (C=O) groups excluding carboxylic acids is 1. The zero-order valence-corrected chi connectivity index (χ0v) is 17.8. The smallest absolute Gasteiger partial charge is 0.272 e. The summed E-state index contributed by atoms with van der Waals surface area (Å²) in [4.78, 5) is 16.6. The van der Waals surface area contributed by atoms with Crippen LogP contribution in [0.5, 0.6) is 0 Å². The lowest BCUT2D eigenvalue weighted by molar-refractivity contribution is 0.101. The lowest BCUT2D eigenvalue weighted by atomic mass is 10.2. The van der Waals surface area contributed by atoms with Crippen molar-refractivity contribution in [3.63, 3.8) is 0 Å². The minimum atomic E-state index is -3.78. The highest BCUT2D eigenvalue weighted by Gasteiger charge is 2.18. The van der Waals surface area contributed by atoms with E-state index in [1.165, 1.54) is 42.6 Å². The maximum atomic E-state index is 13.7. The molecule has 7 nitrogen and oxygen atoms in total. The number of anilines is 2. The first-order valence-corrected chi connectivity index (χ1v) is 11.3. The number of rotatable bonds is 5. The summed E-state index contributed by atoms with van der Waals surface area (Å²) in [5.74, 6) is -1.01. The molecule has 4 aromatic rings. The highest BCUT2D eigenvalue weighted by molar-refractivity contribution is 7.93. The Morgan fingerprint density at radius 1 is 1.20 bits per heavy atom. The fourth-order valence-electron chi connectivity index (χ4n) is 2.93. The second-order valence-corrected chi connectivity index (χ2v) is 9.26. The van der Waals surface area contributed by atoms with Crippen molar-refractivity contribution in [2.45, 2.75) is 4.90 Å². The zero-order valence-electron chi connectivity index (χ0n) is 15.4. The van der Waals surface area contributed by atoms with Crippen molar-refractivity contribution < 1.29 is 17.6 Å². The van der Waals surface area contributed by atoms with Gasteiger partial charge in [-0.25, -0.2) is 17.8 Å². The molecule has 0 saturated carbocycles. The second kappa shape index (κ2) is 7.71. The number of thiazole rings is 1. The molecular weight excluding hydrogens is 451 g/mol. The number of sulfonamides is 1. The Bertz CT molecular complexity index is 1350. The van der Waals surface area contributed by atoms with Crippen LogP contribution in [0.25, 0.3) is 10.9 Å². The van der Waals surface area contributed by atoms with Crippen LogP contribution in [0, 0.1) is 5.82 Å². The van der Waals surface area contributed by atoms with Gasteiger partial charge >= 0.3 is 0 Å².